The highest BCUT2D eigenvalue weighted by Crippen LogP contribution is 2.09. The van der Waals surface area contributed by atoms with Gasteiger partial charge in [0, 0.05) is 20.1 Å². The Balaban J connectivity index is 2.53. The van der Waals surface area contributed by atoms with Gasteiger partial charge in [-0.15, -0.1) is 0 Å². The lowest BCUT2D eigenvalue weighted by Gasteiger charge is -2.22. The number of nitrogens with two attached hydrogens (primary N) is 1. The first kappa shape index (κ1) is 14.6. The molecule has 0 saturated heterocycles. The molecule has 18 heavy (non-hydrogen) atoms. The molecule has 1 unspecified atom stereocenters. The SMILES string of the molecule is CCC(CN)C(=O)N(C)CCc1ccccc1F. The monoisotopic (exact) mass is 252 g/mol. The van der Waals surface area contributed by atoms with Crippen LogP contribution in [0.2, 0.25) is 0 Å². The van der Waals surface area contributed by atoms with Crippen LogP contribution in [0.25, 0.3) is 0 Å². The summed E-state index contributed by atoms with van der Waals surface area (Å²) in [4.78, 5) is 13.6. The average Bonchev–Trinajstić information content (AvgIpc) is 2.38. The first-order valence-corrected chi connectivity index (χ1v) is 6.28. The van der Waals surface area contributed by atoms with Gasteiger partial charge in [0.15, 0.2) is 0 Å². The van der Waals surface area contributed by atoms with Crippen molar-refractivity contribution in [3.8, 4) is 0 Å². The molecule has 0 bridgehead atoms. The van der Waals surface area contributed by atoms with Gasteiger partial charge in [-0.2, -0.15) is 0 Å². The first-order valence-electron chi connectivity index (χ1n) is 6.28. The predicted octanol–water partition coefficient (Wildman–Crippen LogP) is 1.81. The van der Waals surface area contributed by atoms with Gasteiger partial charge < -0.3 is 10.6 Å². The molecule has 2 N–H and O–H groups in total. The van der Waals surface area contributed by atoms with Crippen molar-refractivity contribution in [2.75, 3.05) is 20.1 Å². The van der Waals surface area contributed by atoms with Crippen LogP contribution in [0, 0.1) is 11.7 Å². The third-order valence-corrected chi connectivity index (χ3v) is 3.18. The number of hydrogen-bond donors (Lipinski definition) is 1. The van der Waals surface area contributed by atoms with E-state index in [1.54, 1.807) is 30.1 Å². The van der Waals surface area contributed by atoms with Crippen LogP contribution >= 0.6 is 0 Å². The molecule has 0 saturated carbocycles. The molecule has 0 aliphatic heterocycles. The van der Waals surface area contributed by atoms with E-state index in [4.69, 9.17) is 5.73 Å². The summed E-state index contributed by atoms with van der Waals surface area (Å²) in [5.41, 5.74) is 6.18. The minimum absolute atomic E-state index is 0.0383. The molecule has 0 radical (unpaired) electrons. The molecular formula is C14H21FN2O. The van der Waals surface area contributed by atoms with Crippen LogP contribution in [-0.2, 0) is 11.2 Å². The third kappa shape index (κ3) is 3.81. The quantitative estimate of drug-likeness (QED) is 0.839. The molecule has 0 fully saturated rings. The van der Waals surface area contributed by atoms with E-state index in [9.17, 15) is 9.18 Å². The van der Waals surface area contributed by atoms with Gasteiger partial charge in [-0.1, -0.05) is 25.1 Å². The van der Waals surface area contributed by atoms with Crippen LogP contribution in [-0.4, -0.2) is 30.9 Å². The van der Waals surface area contributed by atoms with Crippen molar-refractivity contribution in [1.82, 2.24) is 4.90 Å². The lowest BCUT2D eigenvalue weighted by molar-refractivity contribution is -0.133. The second-order valence-electron chi connectivity index (χ2n) is 4.44. The van der Waals surface area contributed by atoms with E-state index >= 15 is 0 Å². The van der Waals surface area contributed by atoms with Crippen LogP contribution in [0.4, 0.5) is 4.39 Å². The van der Waals surface area contributed by atoms with Crippen molar-refractivity contribution in [2.45, 2.75) is 19.8 Å². The van der Waals surface area contributed by atoms with Gasteiger partial charge in [0.1, 0.15) is 5.82 Å². The smallest absolute Gasteiger partial charge is 0.226 e. The Labute approximate surface area is 108 Å². The lowest BCUT2D eigenvalue weighted by Crippen LogP contribution is -2.37. The summed E-state index contributed by atoms with van der Waals surface area (Å²) in [6.07, 6.45) is 1.26. The largest absolute Gasteiger partial charge is 0.345 e. The van der Waals surface area contributed by atoms with Crippen LogP contribution in [0.3, 0.4) is 0 Å². The molecule has 0 heterocycles. The molecule has 0 aromatic heterocycles. The fourth-order valence-electron chi connectivity index (χ4n) is 1.85. The number of carbonyl (C=O) groups is 1. The highest BCUT2D eigenvalue weighted by Gasteiger charge is 2.18. The van der Waals surface area contributed by atoms with Crippen molar-refractivity contribution in [3.05, 3.63) is 35.6 Å². The normalized spacial score (nSPS) is 12.2. The summed E-state index contributed by atoms with van der Waals surface area (Å²) in [6, 6.07) is 6.64. The second kappa shape index (κ2) is 7.11. The molecule has 100 valence electrons. The van der Waals surface area contributed by atoms with Crippen LogP contribution in [0.1, 0.15) is 18.9 Å². The Morgan fingerprint density at radius 2 is 2.11 bits per heavy atom. The van der Waals surface area contributed by atoms with Gasteiger partial charge in [-0.3, -0.25) is 4.79 Å². The number of likely N-dealkylation sites (N-methyl/N-ethyl adjacent to an activating group) is 1. The Bertz CT molecular complexity index is 391. The van der Waals surface area contributed by atoms with E-state index in [-0.39, 0.29) is 17.6 Å². The van der Waals surface area contributed by atoms with Gasteiger partial charge in [0.2, 0.25) is 5.91 Å². The van der Waals surface area contributed by atoms with E-state index in [1.807, 2.05) is 6.92 Å². The zero-order valence-corrected chi connectivity index (χ0v) is 11.0. The number of carbonyl (C=O) groups excluding carboxylic acids is 1. The Morgan fingerprint density at radius 3 is 2.67 bits per heavy atom. The van der Waals surface area contributed by atoms with Crippen molar-refractivity contribution in [1.29, 1.82) is 0 Å². The molecule has 3 nitrogen and oxygen atoms in total. The molecular weight excluding hydrogens is 231 g/mol. The molecule has 0 spiro atoms. The molecule has 1 aromatic rings. The predicted molar refractivity (Wildman–Crippen MR) is 70.6 cm³/mol. The minimum Gasteiger partial charge on any atom is -0.345 e. The van der Waals surface area contributed by atoms with E-state index in [1.165, 1.54) is 6.07 Å². The number of amides is 1. The van der Waals surface area contributed by atoms with Gasteiger partial charge in [-0.05, 0) is 24.5 Å². The zero-order chi connectivity index (χ0) is 13.5. The van der Waals surface area contributed by atoms with Crippen molar-refractivity contribution in [3.63, 3.8) is 0 Å². The van der Waals surface area contributed by atoms with E-state index < -0.39 is 0 Å². The van der Waals surface area contributed by atoms with Crippen LogP contribution in [0.15, 0.2) is 24.3 Å². The van der Waals surface area contributed by atoms with Crippen molar-refractivity contribution >= 4 is 5.91 Å². The molecule has 0 aliphatic carbocycles. The Kier molecular flexibility index (Phi) is 5.78. The van der Waals surface area contributed by atoms with Crippen LogP contribution < -0.4 is 5.73 Å². The summed E-state index contributed by atoms with van der Waals surface area (Å²) in [5, 5.41) is 0. The number of rotatable bonds is 6. The van der Waals surface area contributed by atoms with Gasteiger partial charge in [0.05, 0.1) is 5.92 Å². The molecule has 1 rings (SSSR count). The van der Waals surface area contributed by atoms with Gasteiger partial charge in [0.25, 0.3) is 0 Å². The zero-order valence-electron chi connectivity index (χ0n) is 11.0. The molecule has 1 amide bonds. The standard InChI is InChI=1S/C14H21FN2O/c1-3-11(10-16)14(18)17(2)9-8-12-6-4-5-7-13(12)15/h4-7,11H,3,8-10,16H2,1-2H3. The highest BCUT2D eigenvalue weighted by molar-refractivity contribution is 5.78. The third-order valence-electron chi connectivity index (χ3n) is 3.18. The molecule has 1 atom stereocenters. The first-order chi connectivity index (χ1) is 8.60. The fourth-order valence-corrected chi connectivity index (χ4v) is 1.85. The van der Waals surface area contributed by atoms with E-state index in [0.717, 1.165) is 6.42 Å². The van der Waals surface area contributed by atoms with E-state index in [2.05, 4.69) is 0 Å². The molecule has 0 aliphatic rings. The van der Waals surface area contributed by atoms with Crippen molar-refractivity contribution in [2.24, 2.45) is 11.7 Å². The van der Waals surface area contributed by atoms with Crippen LogP contribution in [0.5, 0.6) is 0 Å². The maximum absolute atomic E-state index is 13.4. The number of nitrogens with zero attached hydrogens (tertiary/aromatic N) is 1. The molecule has 1 aromatic carbocycles. The summed E-state index contributed by atoms with van der Waals surface area (Å²) < 4.78 is 13.4. The molecule has 4 heteroatoms. The Morgan fingerprint density at radius 1 is 1.44 bits per heavy atom. The maximum atomic E-state index is 13.4. The minimum atomic E-state index is -0.218. The van der Waals surface area contributed by atoms with Gasteiger partial charge >= 0.3 is 0 Å². The second-order valence-corrected chi connectivity index (χ2v) is 4.44. The van der Waals surface area contributed by atoms with E-state index in [0.29, 0.717) is 25.1 Å². The van der Waals surface area contributed by atoms with Crippen molar-refractivity contribution < 1.29 is 9.18 Å². The summed E-state index contributed by atoms with van der Waals surface area (Å²) in [6.45, 7) is 2.82. The highest BCUT2D eigenvalue weighted by atomic mass is 19.1. The fraction of sp³-hybridized carbons (Fsp3) is 0.500. The Hall–Kier alpha value is -1.42. The topological polar surface area (TPSA) is 46.3 Å². The lowest BCUT2D eigenvalue weighted by atomic mass is 10.1. The summed E-state index contributed by atoms with van der Waals surface area (Å²) >= 11 is 0. The summed E-state index contributed by atoms with van der Waals surface area (Å²) in [5.74, 6) is -0.309. The average molecular weight is 252 g/mol. The summed E-state index contributed by atoms with van der Waals surface area (Å²) in [7, 11) is 1.74. The van der Waals surface area contributed by atoms with Gasteiger partial charge in [-0.25, -0.2) is 4.39 Å². The number of halogens is 1. The maximum Gasteiger partial charge on any atom is 0.226 e. The number of hydrogen-bond acceptors (Lipinski definition) is 2. The number of benzene rings is 1.